The molecular weight excluding hydrogens is 496 g/mol. The van der Waals surface area contributed by atoms with Crippen molar-refractivity contribution in [3.63, 3.8) is 0 Å². The highest BCUT2D eigenvalue weighted by molar-refractivity contribution is 7.88. The van der Waals surface area contributed by atoms with Crippen LogP contribution in [0.25, 0.3) is 0 Å². The summed E-state index contributed by atoms with van der Waals surface area (Å²) in [5, 5.41) is 0. The molecule has 0 spiro atoms. The van der Waals surface area contributed by atoms with Crippen LogP contribution in [0.3, 0.4) is 0 Å². The summed E-state index contributed by atoms with van der Waals surface area (Å²) in [4.78, 5) is 0. The molecule has 4 nitrogen and oxygen atoms in total. The molecule has 144 valence electrons. The van der Waals surface area contributed by atoms with E-state index in [1.807, 2.05) is 30.3 Å². The van der Waals surface area contributed by atoms with Gasteiger partial charge in [0.1, 0.15) is 5.75 Å². The Labute approximate surface area is 166 Å². The average molecular weight is 511 g/mol. The molecule has 0 unspecified atom stereocenters. The van der Waals surface area contributed by atoms with Crippen LogP contribution in [-0.4, -0.2) is 20.5 Å². The van der Waals surface area contributed by atoms with E-state index in [0.717, 1.165) is 9.13 Å². The molecule has 0 aliphatic carbocycles. The van der Waals surface area contributed by atoms with Gasteiger partial charge >= 0.3 is 36.8 Å². The number of rotatable bonds is 7. The molecule has 0 aliphatic heterocycles. The molecule has 0 radical (unpaired) electrons. The first-order chi connectivity index (χ1) is 12.8. The Morgan fingerprint density at radius 2 is 1.67 bits per heavy atom. The minimum Gasteiger partial charge on any atom is -0.376 e. The van der Waals surface area contributed by atoms with Crippen LogP contribution >= 0.6 is 0 Å². The number of ether oxygens (including phenoxy) is 1. The van der Waals surface area contributed by atoms with Crippen LogP contribution in [0.4, 0.5) is 13.2 Å². The fourth-order valence-electron chi connectivity index (χ4n) is 1.75. The third kappa shape index (κ3) is 7.40. The zero-order chi connectivity index (χ0) is 19.8. The molecule has 27 heavy (non-hydrogen) atoms. The molecule has 0 aromatic heterocycles. The number of halogens is 4. The van der Waals surface area contributed by atoms with Crippen LogP contribution in [0.15, 0.2) is 54.6 Å². The van der Waals surface area contributed by atoms with Gasteiger partial charge in [-0.15, -0.1) is 0 Å². The number of hydrogen-bond acceptors (Lipinski definition) is 4. The third-order valence-electron chi connectivity index (χ3n) is 3.01. The van der Waals surface area contributed by atoms with Gasteiger partial charge < -0.3 is 8.92 Å². The van der Waals surface area contributed by atoms with Crippen molar-refractivity contribution in [2.75, 3.05) is 6.61 Å². The van der Waals surface area contributed by atoms with E-state index >= 15 is 0 Å². The summed E-state index contributed by atoms with van der Waals surface area (Å²) in [6, 6.07) is 15.2. The van der Waals surface area contributed by atoms with Crippen molar-refractivity contribution in [2.45, 2.75) is 18.5 Å². The Kier molecular flexibility index (Phi) is 7.94. The van der Waals surface area contributed by atoms with E-state index in [0.29, 0.717) is 19.6 Å². The van der Waals surface area contributed by atoms with Gasteiger partial charge in [-0.05, 0) is 35.7 Å². The molecule has 0 aliphatic rings. The molecule has 0 bridgehead atoms. The van der Waals surface area contributed by atoms with Crippen LogP contribution in [-0.2, 0) is 21.5 Å². The van der Waals surface area contributed by atoms with Crippen molar-refractivity contribution in [3.8, 4) is 15.6 Å². The van der Waals surface area contributed by atoms with Gasteiger partial charge in [-0.3, -0.25) is 0 Å². The van der Waals surface area contributed by atoms with Crippen molar-refractivity contribution >= 4 is 10.1 Å². The quantitative estimate of drug-likeness (QED) is 0.181. The highest BCUT2D eigenvalue weighted by atomic mass is 127. The zero-order valence-corrected chi connectivity index (χ0v) is 16.8. The van der Waals surface area contributed by atoms with Crippen LogP contribution in [0.2, 0.25) is 0 Å². The van der Waals surface area contributed by atoms with Gasteiger partial charge in [0.25, 0.3) is 0 Å². The van der Waals surface area contributed by atoms with Gasteiger partial charge in [0.2, 0.25) is 3.57 Å². The van der Waals surface area contributed by atoms with Crippen molar-refractivity contribution in [3.05, 3.63) is 63.7 Å². The SMILES string of the molecule is O=S(=O)(Oc1ccc([I+]C#CCCOCc2ccccc2)cc1)C(F)(F)F. The largest absolute Gasteiger partial charge is 0.534 e. The number of hydrogen-bond donors (Lipinski definition) is 0. The summed E-state index contributed by atoms with van der Waals surface area (Å²) in [7, 11) is -5.65. The summed E-state index contributed by atoms with van der Waals surface area (Å²) in [6.45, 7) is 1.04. The van der Waals surface area contributed by atoms with Crippen LogP contribution in [0, 0.1) is 13.4 Å². The predicted molar refractivity (Wildman–Crippen MR) is 89.2 cm³/mol. The average Bonchev–Trinajstić information content (AvgIpc) is 2.62. The molecule has 0 heterocycles. The summed E-state index contributed by atoms with van der Waals surface area (Å²) in [5.74, 6) is 2.60. The molecule has 2 aromatic carbocycles. The molecule has 0 saturated heterocycles. The van der Waals surface area contributed by atoms with Crippen LogP contribution in [0.1, 0.15) is 12.0 Å². The second kappa shape index (κ2) is 9.96. The third-order valence-corrected chi connectivity index (χ3v) is 5.98. The standard InChI is InChI=1S/C18H15F3IO4S/c19-18(20,21)27(23,24)26-17-10-8-16(9-11-17)22-12-4-5-13-25-14-15-6-2-1-3-7-15/h1-3,6-11H,5,13-14H2/q+1. The van der Waals surface area contributed by atoms with Gasteiger partial charge in [0, 0.05) is 6.42 Å². The molecule has 0 atom stereocenters. The summed E-state index contributed by atoms with van der Waals surface area (Å²) < 4.78 is 72.0. The summed E-state index contributed by atoms with van der Waals surface area (Å²) in [6.07, 6.45) is 0.581. The summed E-state index contributed by atoms with van der Waals surface area (Å²) in [5.41, 5.74) is -4.36. The lowest BCUT2D eigenvalue weighted by Crippen LogP contribution is -3.59. The van der Waals surface area contributed by atoms with E-state index < -0.39 is 36.8 Å². The van der Waals surface area contributed by atoms with Gasteiger partial charge in [-0.25, -0.2) is 0 Å². The maximum atomic E-state index is 12.3. The second-order valence-electron chi connectivity index (χ2n) is 5.09. The topological polar surface area (TPSA) is 52.6 Å². The van der Waals surface area contributed by atoms with E-state index in [-0.39, 0.29) is 5.75 Å². The summed E-state index contributed by atoms with van der Waals surface area (Å²) >= 11 is -0.654. The lowest BCUT2D eigenvalue weighted by atomic mass is 10.2. The van der Waals surface area contributed by atoms with Crippen molar-refractivity contribution in [1.29, 1.82) is 0 Å². The monoisotopic (exact) mass is 511 g/mol. The molecule has 0 fully saturated rings. The molecule has 9 heteroatoms. The normalized spacial score (nSPS) is 11.5. The molecule has 2 aromatic rings. The highest BCUT2D eigenvalue weighted by Crippen LogP contribution is 2.26. The predicted octanol–water partition coefficient (Wildman–Crippen LogP) is 0.741. The first kappa shape index (κ1) is 21.5. The van der Waals surface area contributed by atoms with Gasteiger partial charge in [-0.1, -0.05) is 30.3 Å². The first-order valence-corrected chi connectivity index (χ1v) is 11.2. The van der Waals surface area contributed by atoms with E-state index in [9.17, 15) is 21.6 Å². The lowest BCUT2D eigenvalue weighted by molar-refractivity contribution is -0.535. The molecule has 0 saturated carbocycles. The molecule has 0 amide bonds. The fraction of sp³-hybridized carbons (Fsp3) is 0.222. The van der Waals surface area contributed by atoms with Gasteiger partial charge in [0.05, 0.1) is 13.2 Å². The van der Waals surface area contributed by atoms with Crippen molar-refractivity contribution in [2.24, 2.45) is 0 Å². The smallest absolute Gasteiger partial charge is 0.376 e. The Morgan fingerprint density at radius 3 is 2.30 bits per heavy atom. The Bertz CT molecular complexity index is 886. The van der Waals surface area contributed by atoms with Crippen molar-refractivity contribution < 1.29 is 51.7 Å². The fourth-order valence-corrected chi connectivity index (χ4v) is 3.70. The number of benzene rings is 2. The molecule has 2 rings (SSSR count). The lowest BCUT2D eigenvalue weighted by Gasteiger charge is -2.08. The minimum atomic E-state index is -5.65. The maximum Gasteiger partial charge on any atom is 0.534 e. The van der Waals surface area contributed by atoms with E-state index in [1.165, 1.54) is 24.3 Å². The highest BCUT2D eigenvalue weighted by Gasteiger charge is 2.48. The minimum absolute atomic E-state index is 0.387. The second-order valence-corrected chi connectivity index (χ2v) is 8.95. The zero-order valence-electron chi connectivity index (χ0n) is 13.9. The Hall–Kier alpha value is -1.77. The number of alkyl halides is 3. The Morgan fingerprint density at radius 1 is 1.00 bits per heavy atom. The Balaban J connectivity index is 1.73. The first-order valence-electron chi connectivity index (χ1n) is 7.62. The maximum absolute atomic E-state index is 12.3. The van der Waals surface area contributed by atoms with E-state index in [4.69, 9.17) is 4.74 Å². The van der Waals surface area contributed by atoms with E-state index in [1.54, 1.807) is 0 Å². The molecule has 0 N–H and O–H groups in total. The molecular formula is C18H15F3IO4S+. The van der Waals surface area contributed by atoms with Crippen LogP contribution < -0.4 is 25.4 Å². The van der Waals surface area contributed by atoms with Gasteiger partial charge in [-0.2, -0.15) is 21.6 Å². The van der Waals surface area contributed by atoms with Crippen LogP contribution in [0.5, 0.6) is 5.75 Å². The van der Waals surface area contributed by atoms with E-state index in [2.05, 4.69) is 14.0 Å². The van der Waals surface area contributed by atoms with Crippen molar-refractivity contribution in [1.82, 2.24) is 0 Å². The van der Waals surface area contributed by atoms with Gasteiger partial charge in [0.15, 0.2) is 3.93 Å².